The second-order valence-electron chi connectivity index (χ2n) is 14.5. The van der Waals surface area contributed by atoms with E-state index in [-0.39, 0.29) is 0 Å². The molecule has 1 aliphatic carbocycles. The number of benzene rings is 1. The van der Waals surface area contributed by atoms with E-state index in [1.165, 1.54) is 0 Å². The van der Waals surface area contributed by atoms with Crippen LogP contribution in [0.4, 0.5) is 0 Å². The van der Waals surface area contributed by atoms with Crippen molar-refractivity contribution >= 4 is 10.9 Å². The summed E-state index contributed by atoms with van der Waals surface area (Å²) in [5, 5.41) is 11.2. The molecule has 3 rings (SSSR count). The van der Waals surface area contributed by atoms with E-state index in [0.717, 1.165) is 26.1 Å². The predicted molar refractivity (Wildman–Crippen MR) is 112 cm³/mol. The van der Waals surface area contributed by atoms with Crippen molar-refractivity contribution in [2.75, 3.05) is 14.2 Å². The van der Waals surface area contributed by atoms with Crippen molar-refractivity contribution in [3.05, 3.63) is 58.1 Å². The van der Waals surface area contributed by atoms with Crippen LogP contribution in [0.1, 0.15) is 12.0 Å². The van der Waals surface area contributed by atoms with Gasteiger partial charge in [0, 0.05) is 0 Å². The van der Waals surface area contributed by atoms with Gasteiger partial charge < -0.3 is 0 Å². The Morgan fingerprint density at radius 2 is 1.59 bits per heavy atom. The first-order valence-corrected chi connectivity index (χ1v) is 20.2. The maximum absolute atomic E-state index is 7.33. The fraction of sp³-hybridized carbons (Fsp3) is 0.409. The summed E-state index contributed by atoms with van der Waals surface area (Å²) in [6.07, 6.45) is 8.77. The summed E-state index contributed by atoms with van der Waals surface area (Å²) in [6.45, 7) is 2.01. The Hall–Kier alpha value is -1.46. The molecular weight excluding hydrogens is 374 g/mol. The topological polar surface area (TPSA) is 40.6 Å². The van der Waals surface area contributed by atoms with E-state index in [2.05, 4.69) is 17.1 Å². The molecule has 0 bridgehead atoms. The first-order chi connectivity index (χ1) is 11.9. The Bertz CT molecular complexity index is 1130. The van der Waals surface area contributed by atoms with Crippen LogP contribution in [0, 0.1) is 6.92 Å². The molecule has 1 aromatic heterocycles. The Balaban J connectivity index is 2.56. The molecule has 0 unspecified atom stereocenters. The van der Waals surface area contributed by atoms with Gasteiger partial charge in [0.15, 0.2) is 0 Å². The average Bonchev–Trinajstić information content (AvgIpc) is 3.16. The van der Waals surface area contributed by atoms with Crippen LogP contribution < -0.4 is 3.32 Å². The molecule has 0 spiro atoms. The van der Waals surface area contributed by atoms with E-state index in [9.17, 15) is 0 Å². The molecule has 0 saturated heterocycles. The molecule has 1 heterocycles. The number of allylic oxidation sites excluding steroid dienone is 4. The number of pyridine rings is 1. The molecule has 0 saturated carbocycles. The van der Waals surface area contributed by atoms with Crippen LogP contribution in [0.3, 0.4) is 0 Å². The van der Waals surface area contributed by atoms with Gasteiger partial charge in [0.05, 0.1) is 0 Å². The molecule has 0 amide bonds. The van der Waals surface area contributed by atoms with Gasteiger partial charge in [0.1, 0.15) is 0 Å². The monoisotopic (exact) mass is 408 g/mol. The zero-order chi connectivity index (χ0) is 20.4. The fourth-order valence-electron chi connectivity index (χ4n) is 4.09. The predicted octanol–water partition coefficient (Wildman–Crippen LogP) is 6.88. The normalized spacial score (nSPS) is 22.5. The Labute approximate surface area is 154 Å². The van der Waals surface area contributed by atoms with Gasteiger partial charge in [-0.05, 0) is 0 Å². The van der Waals surface area contributed by atoms with Crippen molar-refractivity contribution in [3.63, 3.8) is 0 Å². The Morgan fingerprint density at radius 3 is 2.15 bits per heavy atom. The van der Waals surface area contributed by atoms with Crippen LogP contribution in [0.2, 0.25) is 26.1 Å². The van der Waals surface area contributed by atoms with E-state index in [1.54, 1.807) is 14.2 Å². The molecule has 0 N–H and O–H groups in total. The van der Waals surface area contributed by atoms with Crippen LogP contribution in [0.5, 0.6) is 5.75 Å². The van der Waals surface area contributed by atoms with Crippen LogP contribution in [-0.2, 0) is 18.0 Å². The van der Waals surface area contributed by atoms with Crippen LogP contribution in [0.25, 0.3) is 10.9 Å². The average molecular weight is 408 g/mol. The number of hydrogen-bond donors (Lipinski definition) is 0. The van der Waals surface area contributed by atoms with Crippen molar-refractivity contribution in [2.24, 2.45) is 0 Å². The molecule has 4 nitrogen and oxygen atoms in total. The summed E-state index contributed by atoms with van der Waals surface area (Å²) in [5.74, 6) is 0.734. The van der Waals surface area contributed by atoms with Crippen LogP contribution >= 0.6 is 0 Å². The summed E-state index contributed by atoms with van der Waals surface area (Å²) < 4.78 is 21.7. The minimum atomic E-state index is -6.60. The zero-order valence-electron chi connectivity index (χ0n) is 18.0. The zero-order valence-corrected chi connectivity index (χ0v) is 19.6. The van der Waals surface area contributed by atoms with Gasteiger partial charge in [-0.25, -0.2) is 0 Å². The molecular formula is C22H34NO3Ti. The van der Waals surface area contributed by atoms with Crippen molar-refractivity contribution < 1.29 is 21.3 Å². The number of hydrogen-bond acceptors (Lipinski definition) is 4. The third-order valence-corrected chi connectivity index (χ3v) is 25.2. The van der Waals surface area contributed by atoms with Gasteiger partial charge in [-0.1, -0.05) is 0 Å². The molecule has 1 aromatic carbocycles. The minimum absolute atomic E-state index is 0.698. The van der Waals surface area contributed by atoms with Gasteiger partial charge in [-0.3, -0.25) is 0 Å². The quantitative estimate of drug-likeness (QED) is 0.506. The molecule has 2 aromatic rings. The van der Waals surface area contributed by atoms with E-state index >= 15 is 0 Å². The second kappa shape index (κ2) is 3.48. The fourth-order valence-corrected chi connectivity index (χ4v) is 12.0. The number of nitrogens with zero attached hydrogens (tertiary/aromatic N) is 1. The van der Waals surface area contributed by atoms with Crippen molar-refractivity contribution in [1.82, 2.24) is 4.98 Å². The maximum atomic E-state index is 7.33. The van der Waals surface area contributed by atoms with Gasteiger partial charge in [-0.15, -0.1) is 0 Å². The van der Waals surface area contributed by atoms with Gasteiger partial charge in [0.2, 0.25) is 0 Å². The Kier molecular flexibility index (Phi) is 2.61. The summed E-state index contributed by atoms with van der Waals surface area (Å²) in [4.78, 5) is 4.56. The molecule has 0 aliphatic heterocycles. The van der Waals surface area contributed by atoms with Crippen LogP contribution in [0.15, 0.2) is 52.6 Å². The van der Waals surface area contributed by atoms with Crippen LogP contribution in [-0.4, -0.2) is 19.2 Å². The van der Waals surface area contributed by atoms with Crippen molar-refractivity contribution in [1.29, 1.82) is 0 Å². The number of fused-ring (bicyclic) bond motifs is 1. The molecule has 27 heavy (non-hydrogen) atoms. The second-order valence-corrected chi connectivity index (χ2v) is 47.9. The third-order valence-electron chi connectivity index (χ3n) is 8.00. The molecule has 5 heteroatoms. The molecule has 1 aliphatic rings. The number of rotatable bonds is 5. The van der Waals surface area contributed by atoms with E-state index in [0.29, 0.717) is 6.42 Å². The number of aromatic nitrogens is 1. The summed E-state index contributed by atoms with van der Waals surface area (Å²) in [6, 6.07) is 7.99. The SMILES string of the molecule is C[O][Ti]([CH3])([CH3])([CH3])([CH3])([CH3])([O]C)([O]c1c(C)cnc2ccccc12)[C]1=CC=CC1. The standard InChI is InChI=1S/C10H9NO.C5H5.2CH3O.5CH3.Ti/c1-7-6-11-9-5-3-2-4-8(9)10(7)12;1-2-4-5-3-1;2*1-2;;;;;;/h2-6H,1H3,(H,11,12);1-3H,4H2;2*1H3;5*1H3;/q;;2*-1;;;;;;+3/p-1. The van der Waals surface area contributed by atoms with Gasteiger partial charge >= 0.3 is 155 Å². The summed E-state index contributed by atoms with van der Waals surface area (Å²) >= 11 is -6.60. The molecule has 0 fully saturated rings. The molecule has 0 atom stereocenters. The third kappa shape index (κ3) is 2.44. The van der Waals surface area contributed by atoms with E-state index < -0.39 is 11.3 Å². The molecule has 0 radical (unpaired) electrons. The van der Waals surface area contributed by atoms with Gasteiger partial charge in [-0.2, -0.15) is 0 Å². The molecule has 149 valence electrons. The summed E-state index contributed by atoms with van der Waals surface area (Å²) in [5.41, 5.74) is 1.80. The van der Waals surface area contributed by atoms with Crippen molar-refractivity contribution in [3.8, 4) is 5.75 Å². The first kappa shape index (κ1) is 20.3. The first-order valence-electron chi connectivity index (χ1n) is 9.70. The van der Waals surface area contributed by atoms with Crippen molar-refractivity contribution in [2.45, 2.75) is 39.5 Å². The number of aryl methyl sites for hydroxylation is 1. The van der Waals surface area contributed by atoms with E-state index in [4.69, 9.17) is 9.96 Å². The Morgan fingerprint density at radius 1 is 0.963 bits per heavy atom. The number of para-hydroxylation sites is 1. The van der Waals surface area contributed by atoms with Gasteiger partial charge in [0.25, 0.3) is 0 Å². The van der Waals surface area contributed by atoms with E-state index in [1.807, 2.05) is 69.6 Å². The summed E-state index contributed by atoms with van der Waals surface area (Å²) in [7, 11) is 3.40.